The molecule has 2 aliphatic heterocycles. The standard InChI is InChI=1S/C21H24F3N5O3/c22-21(23,24)16-4-1-3-15(13-16)20-25-17(32-26-20)14-27-9-11-29(12-10-27)19(31)6-8-28-7-2-5-18(28)30/h1,3-4,13H,2,5-12,14H2. The third-order valence-electron chi connectivity index (χ3n) is 5.77. The van der Waals surface area contributed by atoms with E-state index in [9.17, 15) is 22.8 Å². The second kappa shape index (κ2) is 9.27. The topological polar surface area (TPSA) is 82.8 Å². The van der Waals surface area contributed by atoms with Gasteiger partial charge >= 0.3 is 6.18 Å². The van der Waals surface area contributed by atoms with Crippen LogP contribution in [-0.2, 0) is 22.3 Å². The first-order valence-corrected chi connectivity index (χ1v) is 10.6. The van der Waals surface area contributed by atoms with E-state index < -0.39 is 11.7 Å². The van der Waals surface area contributed by atoms with Crippen molar-refractivity contribution in [1.29, 1.82) is 0 Å². The van der Waals surface area contributed by atoms with E-state index >= 15 is 0 Å². The summed E-state index contributed by atoms with van der Waals surface area (Å²) in [6.07, 6.45) is -2.69. The molecule has 3 heterocycles. The maximum atomic E-state index is 12.9. The van der Waals surface area contributed by atoms with E-state index in [2.05, 4.69) is 15.0 Å². The summed E-state index contributed by atoms with van der Waals surface area (Å²) in [6.45, 7) is 3.91. The number of aromatic nitrogens is 2. The zero-order valence-electron chi connectivity index (χ0n) is 17.5. The zero-order chi connectivity index (χ0) is 22.7. The summed E-state index contributed by atoms with van der Waals surface area (Å²) in [5.74, 6) is 0.571. The van der Waals surface area contributed by atoms with Crippen molar-refractivity contribution in [2.75, 3.05) is 39.3 Å². The monoisotopic (exact) mass is 451 g/mol. The van der Waals surface area contributed by atoms with Gasteiger partial charge < -0.3 is 14.3 Å². The van der Waals surface area contributed by atoms with E-state index in [0.29, 0.717) is 58.0 Å². The lowest BCUT2D eigenvalue weighted by Gasteiger charge is -2.34. The number of halogens is 3. The minimum atomic E-state index is -4.44. The fourth-order valence-corrected chi connectivity index (χ4v) is 3.95. The Bertz CT molecular complexity index is 970. The van der Waals surface area contributed by atoms with Crippen LogP contribution in [0.4, 0.5) is 13.2 Å². The van der Waals surface area contributed by atoms with Gasteiger partial charge in [-0.3, -0.25) is 14.5 Å². The first-order valence-electron chi connectivity index (χ1n) is 10.6. The van der Waals surface area contributed by atoms with Gasteiger partial charge in [-0.2, -0.15) is 18.2 Å². The van der Waals surface area contributed by atoms with Crippen LogP contribution in [0.5, 0.6) is 0 Å². The number of rotatable bonds is 6. The summed E-state index contributed by atoms with van der Waals surface area (Å²) in [5, 5.41) is 3.81. The van der Waals surface area contributed by atoms with E-state index in [1.807, 2.05) is 0 Å². The number of hydrogen-bond acceptors (Lipinski definition) is 6. The second-order valence-corrected chi connectivity index (χ2v) is 7.98. The van der Waals surface area contributed by atoms with Crippen LogP contribution in [0.15, 0.2) is 28.8 Å². The Morgan fingerprint density at radius 2 is 1.91 bits per heavy atom. The molecule has 0 unspecified atom stereocenters. The van der Waals surface area contributed by atoms with Crippen molar-refractivity contribution >= 4 is 11.8 Å². The lowest BCUT2D eigenvalue weighted by Crippen LogP contribution is -2.48. The van der Waals surface area contributed by atoms with Crippen LogP contribution in [0.25, 0.3) is 11.4 Å². The molecule has 0 saturated carbocycles. The molecule has 2 saturated heterocycles. The maximum absolute atomic E-state index is 12.9. The first-order chi connectivity index (χ1) is 15.3. The van der Waals surface area contributed by atoms with Crippen LogP contribution < -0.4 is 0 Å². The van der Waals surface area contributed by atoms with Gasteiger partial charge in [0.15, 0.2) is 0 Å². The summed E-state index contributed by atoms with van der Waals surface area (Å²) in [6, 6.07) is 4.80. The molecule has 172 valence electrons. The van der Waals surface area contributed by atoms with E-state index in [1.165, 1.54) is 12.1 Å². The average molecular weight is 451 g/mol. The second-order valence-electron chi connectivity index (χ2n) is 7.98. The minimum Gasteiger partial charge on any atom is -0.342 e. The Balaban J connectivity index is 1.26. The fourth-order valence-electron chi connectivity index (χ4n) is 3.95. The third-order valence-corrected chi connectivity index (χ3v) is 5.77. The van der Waals surface area contributed by atoms with Crippen molar-refractivity contribution in [3.63, 3.8) is 0 Å². The van der Waals surface area contributed by atoms with Crippen molar-refractivity contribution in [3.8, 4) is 11.4 Å². The molecule has 1 aromatic carbocycles. The number of piperazine rings is 1. The molecule has 0 radical (unpaired) electrons. The Kier molecular flexibility index (Phi) is 6.45. The van der Waals surface area contributed by atoms with Gasteiger partial charge in [0.2, 0.25) is 23.5 Å². The molecule has 0 N–H and O–H groups in total. The van der Waals surface area contributed by atoms with Gasteiger partial charge in [-0.25, -0.2) is 0 Å². The zero-order valence-corrected chi connectivity index (χ0v) is 17.5. The number of carbonyl (C=O) groups excluding carboxylic acids is 2. The van der Waals surface area contributed by atoms with Crippen LogP contribution in [0.1, 0.15) is 30.7 Å². The summed E-state index contributed by atoms with van der Waals surface area (Å²) < 4.78 is 44.0. The van der Waals surface area contributed by atoms with Gasteiger partial charge in [0, 0.05) is 57.7 Å². The number of hydrogen-bond donors (Lipinski definition) is 0. The summed E-state index contributed by atoms with van der Waals surface area (Å²) >= 11 is 0. The van der Waals surface area contributed by atoms with Crippen LogP contribution >= 0.6 is 0 Å². The number of amides is 2. The van der Waals surface area contributed by atoms with E-state index in [-0.39, 0.29) is 23.2 Å². The third kappa shape index (κ3) is 5.26. The lowest BCUT2D eigenvalue weighted by atomic mass is 10.1. The summed E-state index contributed by atoms with van der Waals surface area (Å²) in [5.41, 5.74) is -0.530. The highest BCUT2D eigenvalue weighted by molar-refractivity contribution is 5.80. The minimum absolute atomic E-state index is 0.0361. The van der Waals surface area contributed by atoms with Crippen molar-refractivity contribution in [2.45, 2.75) is 32.0 Å². The van der Waals surface area contributed by atoms with Crippen LogP contribution in [0.3, 0.4) is 0 Å². The smallest absolute Gasteiger partial charge is 0.342 e. The van der Waals surface area contributed by atoms with Gasteiger partial charge in [0.1, 0.15) is 0 Å². The predicted octanol–water partition coefficient (Wildman–Crippen LogP) is 2.41. The number of carbonyl (C=O) groups is 2. The van der Waals surface area contributed by atoms with E-state index in [0.717, 1.165) is 25.1 Å². The van der Waals surface area contributed by atoms with Crippen molar-refractivity contribution in [3.05, 3.63) is 35.7 Å². The maximum Gasteiger partial charge on any atom is 0.416 e. The quantitative estimate of drug-likeness (QED) is 0.671. The van der Waals surface area contributed by atoms with Crippen molar-refractivity contribution in [2.24, 2.45) is 0 Å². The molecule has 2 aliphatic rings. The lowest BCUT2D eigenvalue weighted by molar-refractivity contribution is -0.137. The SMILES string of the molecule is O=C1CCCN1CCC(=O)N1CCN(Cc2nc(-c3cccc(C(F)(F)F)c3)no2)CC1. The summed E-state index contributed by atoms with van der Waals surface area (Å²) in [7, 11) is 0. The Morgan fingerprint density at radius 1 is 1.12 bits per heavy atom. The highest BCUT2D eigenvalue weighted by Gasteiger charge is 2.31. The molecule has 32 heavy (non-hydrogen) atoms. The molecule has 2 aromatic rings. The van der Waals surface area contributed by atoms with Gasteiger partial charge in [0.05, 0.1) is 12.1 Å². The Labute approximate surface area is 183 Å². The molecular weight excluding hydrogens is 427 g/mol. The molecule has 1 aromatic heterocycles. The average Bonchev–Trinajstić information content (AvgIpc) is 3.41. The molecule has 8 nitrogen and oxygen atoms in total. The highest BCUT2D eigenvalue weighted by Crippen LogP contribution is 2.31. The number of nitrogens with zero attached hydrogens (tertiary/aromatic N) is 5. The number of likely N-dealkylation sites (tertiary alicyclic amines) is 1. The fraction of sp³-hybridized carbons (Fsp3) is 0.524. The molecule has 0 aliphatic carbocycles. The molecular formula is C21H24F3N5O3. The van der Waals surface area contributed by atoms with Crippen molar-refractivity contribution in [1.82, 2.24) is 24.8 Å². The van der Waals surface area contributed by atoms with E-state index in [4.69, 9.17) is 4.52 Å². The molecule has 0 bridgehead atoms. The Hall–Kier alpha value is -2.95. The van der Waals surface area contributed by atoms with Crippen LogP contribution in [0.2, 0.25) is 0 Å². The van der Waals surface area contributed by atoms with Gasteiger partial charge in [-0.05, 0) is 18.6 Å². The number of benzene rings is 1. The molecule has 0 atom stereocenters. The highest BCUT2D eigenvalue weighted by atomic mass is 19.4. The molecule has 0 spiro atoms. The Morgan fingerprint density at radius 3 is 2.59 bits per heavy atom. The number of alkyl halides is 3. The van der Waals surface area contributed by atoms with E-state index in [1.54, 1.807) is 9.80 Å². The van der Waals surface area contributed by atoms with Gasteiger partial charge in [0.25, 0.3) is 0 Å². The van der Waals surface area contributed by atoms with Crippen LogP contribution in [0, 0.1) is 0 Å². The normalized spacial score (nSPS) is 17.9. The molecule has 2 amide bonds. The van der Waals surface area contributed by atoms with Gasteiger partial charge in [-0.15, -0.1) is 0 Å². The molecule has 2 fully saturated rings. The molecule has 4 rings (SSSR count). The first kappa shape index (κ1) is 22.3. The van der Waals surface area contributed by atoms with Crippen LogP contribution in [-0.4, -0.2) is 75.9 Å². The van der Waals surface area contributed by atoms with Crippen molar-refractivity contribution < 1.29 is 27.3 Å². The predicted molar refractivity (Wildman–Crippen MR) is 107 cm³/mol. The summed E-state index contributed by atoms with van der Waals surface area (Å²) in [4.78, 5) is 33.9. The largest absolute Gasteiger partial charge is 0.416 e. The van der Waals surface area contributed by atoms with Gasteiger partial charge in [-0.1, -0.05) is 17.3 Å². The molecule has 11 heteroatoms.